The van der Waals surface area contributed by atoms with Crippen molar-refractivity contribution in [2.45, 2.75) is 25.3 Å². The zero-order valence-corrected chi connectivity index (χ0v) is 10.2. The molecule has 6 heteroatoms. The Labute approximate surface area is 101 Å². The summed E-state index contributed by atoms with van der Waals surface area (Å²) in [6, 6.07) is 1.47. The van der Waals surface area contributed by atoms with Crippen molar-refractivity contribution < 1.29 is 4.92 Å². The van der Waals surface area contributed by atoms with Crippen LogP contribution in [0.5, 0.6) is 0 Å². The van der Waals surface area contributed by atoms with Gasteiger partial charge < -0.3 is 5.73 Å². The Morgan fingerprint density at radius 2 is 2.38 bits per heavy atom. The fourth-order valence-corrected chi connectivity index (χ4v) is 2.01. The molecule has 2 rings (SSSR count). The van der Waals surface area contributed by atoms with Crippen LogP contribution in [0.25, 0.3) is 0 Å². The van der Waals surface area contributed by atoms with Gasteiger partial charge in [0.05, 0.1) is 4.92 Å². The normalized spacial score (nSPS) is 17.1. The number of halogens is 1. The van der Waals surface area contributed by atoms with Crippen LogP contribution in [0, 0.1) is 16.0 Å². The first-order valence-corrected chi connectivity index (χ1v) is 5.91. The summed E-state index contributed by atoms with van der Waals surface area (Å²) in [6.07, 6.45) is 4.31. The second-order valence-electron chi connectivity index (χ2n) is 4.08. The highest BCUT2D eigenvalue weighted by Crippen LogP contribution is 2.34. The molecule has 1 unspecified atom stereocenters. The Morgan fingerprint density at radius 3 is 2.94 bits per heavy atom. The van der Waals surface area contributed by atoms with Crippen molar-refractivity contribution in [2.24, 2.45) is 11.7 Å². The minimum Gasteiger partial charge on any atom is -0.327 e. The lowest BCUT2D eigenvalue weighted by Crippen LogP contribution is -2.26. The van der Waals surface area contributed by atoms with Crippen LogP contribution in [0.15, 0.2) is 16.7 Å². The van der Waals surface area contributed by atoms with Crippen molar-refractivity contribution >= 4 is 21.6 Å². The molecule has 0 bridgehead atoms. The number of hydrogen-bond donors (Lipinski definition) is 1. The molecule has 1 aromatic rings. The lowest BCUT2D eigenvalue weighted by atomic mass is 10.1. The average Bonchev–Trinajstić information content (AvgIpc) is 3.03. The highest BCUT2D eigenvalue weighted by Gasteiger charge is 2.30. The fourth-order valence-electron chi connectivity index (χ4n) is 1.69. The Morgan fingerprint density at radius 1 is 1.69 bits per heavy atom. The molecule has 5 nitrogen and oxygen atoms in total. The monoisotopic (exact) mass is 285 g/mol. The predicted octanol–water partition coefficient (Wildman–Crippen LogP) is 2.03. The van der Waals surface area contributed by atoms with Gasteiger partial charge in [-0.05, 0) is 34.7 Å². The van der Waals surface area contributed by atoms with Gasteiger partial charge in [0, 0.05) is 29.2 Å². The zero-order chi connectivity index (χ0) is 11.7. The number of pyridine rings is 1. The molecule has 16 heavy (non-hydrogen) atoms. The van der Waals surface area contributed by atoms with Gasteiger partial charge in [0.25, 0.3) is 5.69 Å². The molecule has 2 N–H and O–H groups in total. The molecule has 0 amide bonds. The van der Waals surface area contributed by atoms with Crippen LogP contribution in [-0.4, -0.2) is 15.9 Å². The molecule has 0 aromatic carbocycles. The largest absolute Gasteiger partial charge is 0.327 e. The highest BCUT2D eigenvalue weighted by atomic mass is 79.9. The minimum absolute atomic E-state index is 0.00706. The summed E-state index contributed by atoms with van der Waals surface area (Å²) in [6.45, 7) is 0. The molecular formula is C10H12BrN3O2. The van der Waals surface area contributed by atoms with Gasteiger partial charge in [-0.2, -0.15) is 0 Å². The maximum absolute atomic E-state index is 10.8. The van der Waals surface area contributed by atoms with Crippen molar-refractivity contribution in [1.82, 2.24) is 4.98 Å². The first kappa shape index (κ1) is 11.5. The highest BCUT2D eigenvalue weighted by molar-refractivity contribution is 9.10. The zero-order valence-electron chi connectivity index (χ0n) is 8.60. The maximum Gasteiger partial charge on any atom is 0.291 e. The molecule has 1 atom stereocenters. The first-order valence-electron chi connectivity index (χ1n) is 5.12. The standard InChI is InChI=1S/C10H12BrN3O2/c11-7-3-10(14(15)16)9(13-5-7)4-8(12)6-1-2-6/h3,5-6,8H,1-2,4,12H2. The average molecular weight is 286 g/mol. The Bertz CT molecular complexity index is 421. The number of nitrogens with zero attached hydrogens (tertiary/aromatic N) is 2. The minimum atomic E-state index is -0.410. The first-order chi connectivity index (χ1) is 7.58. The van der Waals surface area contributed by atoms with Crippen molar-refractivity contribution in [3.63, 3.8) is 0 Å². The maximum atomic E-state index is 10.8. The van der Waals surface area contributed by atoms with Gasteiger partial charge in [0.15, 0.2) is 0 Å². The summed E-state index contributed by atoms with van der Waals surface area (Å²) in [5.74, 6) is 0.519. The second-order valence-corrected chi connectivity index (χ2v) is 5.00. The van der Waals surface area contributed by atoms with Crippen LogP contribution >= 0.6 is 15.9 Å². The summed E-state index contributed by atoms with van der Waals surface area (Å²) in [7, 11) is 0. The van der Waals surface area contributed by atoms with E-state index in [0.717, 1.165) is 12.8 Å². The van der Waals surface area contributed by atoms with Crippen LogP contribution in [0.2, 0.25) is 0 Å². The molecule has 1 aliphatic carbocycles. The number of rotatable bonds is 4. The summed E-state index contributed by atoms with van der Waals surface area (Å²) in [5, 5.41) is 10.8. The molecule has 1 saturated carbocycles. The lowest BCUT2D eigenvalue weighted by molar-refractivity contribution is -0.386. The van der Waals surface area contributed by atoms with Crippen molar-refractivity contribution in [3.8, 4) is 0 Å². The Balaban J connectivity index is 2.21. The number of nitro groups is 1. The summed E-state index contributed by atoms with van der Waals surface area (Å²) in [5.41, 5.74) is 6.47. The molecule has 1 heterocycles. The van der Waals surface area contributed by atoms with Gasteiger partial charge in [-0.25, -0.2) is 0 Å². The predicted molar refractivity (Wildman–Crippen MR) is 63.0 cm³/mol. The summed E-state index contributed by atoms with van der Waals surface area (Å²) < 4.78 is 0.614. The van der Waals surface area contributed by atoms with Gasteiger partial charge in [-0.1, -0.05) is 0 Å². The molecule has 86 valence electrons. The van der Waals surface area contributed by atoms with E-state index in [-0.39, 0.29) is 11.7 Å². The number of hydrogen-bond acceptors (Lipinski definition) is 4. The SMILES string of the molecule is NC(Cc1ncc(Br)cc1[N+](=O)[O-])C1CC1. The van der Waals surface area contributed by atoms with E-state index in [1.54, 1.807) is 6.20 Å². The van der Waals surface area contributed by atoms with E-state index in [1.165, 1.54) is 6.07 Å². The van der Waals surface area contributed by atoms with Crippen LogP contribution in [0.1, 0.15) is 18.5 Å². The van der Waals surface area contributed by atoms with Gasteiger partial charge in [0.2, 0.25) is 0 Å². The van der Waals surface area contributed by atoms with E-state index >= 15 is 0 Å². The molecule has 1 aromatic heterocycles. The third-order valence-corrected chi connectivity index (χ3v) is 3.20. The smallest absolute Gasteiger partial charge is 0.291 e. The molecule has 1 aliphatic rings. The van der Waals surface area contributed by atoms with E-state index in [0.29, 0.717) is 22.5 Å². The van der Waals surface area contributed by atoms with E-state index in [2.05, 4.69) is 20.9 Å². The van der Waals surface area contributed by atoms with E-state index in [1.807, 2.05) is 0 Å². The van der Waals surface area contributed by atoms with E-state index < -0.39 is 4.92 Å². The van der Waals surface area contributed by atoms with Crippen LogP contribution < -0.4 is 5.73 Å². The lowest BCUT2D eigenvalue weighted by Gasteiger charge is -2.09. The fraction of sp³-hybridized carbons (Fsp3) is 0.500. The summed E-state index contributed by atoms with van der Waals surface area (Å²) in [4.78, 5) is 14.5. The molecule has 0 saturated heterocycles. The number of aromatic nitrogens is 1. The third kappa shape index (κ3) is 2.56. The molecule has 0 radical (unpaired) electrons. The third-order valence-electron chi connectivity index (χ3n) is 2.77. The van der Waals surface area contributed by atoms with Crippen LogP contribution in [0.3, 0.4) is 0 Å². The quantitative estimate of drug-likeness (QED) is 0.678. The van der Waals surface area contributed by atoms with E-state index in [9.17, 15) is 10.1 Å². The van der Waals surface area contributed by atoms with Crippen LogP contribution in [0.4, 0.5) is 5.69 Å². The number of nitrogens with two attached hydrogens (primary N) is 1. The Hall–Kier alpha value is -1.01. The second kappa shape index (κ2) is 4.47. The van der Waals surface area contributed by atoms with Crippen molar-refractivity contribution in [3.05, 3.63) is 32.5 Å². The van der Waals surface area contributed by atoms with Gasteiger partial charge in [-0.3, -0.25) is 15.1 Å². The molecule has 1 fully saturated rings. The topological polar surface area (TPSA) is 82.0 Å². The summed E-state index contributed by atoms with van der Waals surface area (Å²) >= 11 is 3.17. The molecular weight excluding hydrogens is 274 g/mol. The Kier molecular flexibility index (Phi) is 3.20. The van der Waals surface area contributed by atoms with Crippen molar-refractivity contribution in [1.29, 1.82) is 0 Å². The van der Waals surface area contributed by atoms with Gasteiger partial charge in [-0.15, -0.1) is 0 Å². The molecule has 0 spiro atoms. The van der Waals surface area contributed by atoms with Crippen LogP contribution in [-0.2, 0) is 6.42 Å². The van der Waals surface area contributed by atoms with E-state index in [4.69, 9.17) is 5.73 Å². The van der Waals surface area contributed by atoms with Crippen molar-refractivity contribution in [2.75, 3.05) is 0 Å². The molecule has 0 aliphatic heterocycles. The van der Waals surface area contributed by atoms with Gasteiger partial charge in [0.1, 0.15) is 5.69 Å². The van der Waals surface area contributed by atoms with Gasteiger partial charge >= 0.3 is 0 Å².